The molecule has 0 aliphatic heterocycles. The first-order valence-corrected chi connectivity index (χ1v) is 5.57. The van der Waals surface area contributed by atoms with Crippen LogP contribution in [0.15, 0.2) is 0 Å². The van der Waals surface area contributed by atoms with Crippen LogP contribution in [0.25, 0.3) is 0 Å². The van der Waals surface area contributed by atoms with Gasteiger partial charge in [-0.25, -0.2) is 0 Å². The molecule has 4 nitrogen and oxygen atoms in total. The van der Waals surface area contributed by atoms with Crippen LogP contribution in [0.2, 0.25) is 0 Å². The smallest absolute Gasteiger partial charge is 0.306 e. The summed E-state index contributed by atoms with van der Waals surface area (Å²) in [6, 6.07) is 0. The standard InChI is InChI=1S/C11H18O4/c1-2-14-10(12)7-8-11(13)15-9-5-3-4-6-9/h9H,2-8H2,1H3. The van der Waals surface area contributed by atoms with Crippen molar-refractivity contribution in [2.75, 3.05) is 6.61 Å². The van der Waals surface area contributed by atoms with E-state index in [1.165, 1.54) is 0 Å². The summed E-state index contributed by atoms with van der Waals surface area (Å²) in [5, 5.41) is 0. The van der Waals surface area contributed by atoms with E-state index >= 15 is 0 Å². The van der Waals surface area contributed by atoms with Crippen LogP contribution in [0.3, 0.4) is 0 Å². The molecule has 0 saturated heterocycles. The number of hydrogen-bond acceptors (Lipinski definition) is 4. The Labute approximate surface area is 89.9 Å². The van der Waals surface area contributed by atoms with Crippen molar-refractivity contribution >= 4 is 11.9 Å². The fourth-order valence-electron chi connectivity index (χ4n) is 1.69. The van der Waals surface area contributed by atoms with Crippen LogP contribution in [0.5, 0.6) is 0 Å². The predicted molar refractivity (Wildman–Crippen MR) is 54.2 cm³/mol. The molecular weight excluding hydrogens is 196 g/mol. The minimum Gasteiger partial charge on any atom is -0.466 e. The molecule has 0 amide bonds. The van der Waals surface area contributed by atoms with Crippen LogP contribution in [0.1, 0.15) is 45.4 Å². The van der Waals surface area contributed by atoms with Crippen molar-refractivity contribution < 1.29 is 19.1 Å². The number of carbonyl (C=O) groups is 2. The van der Waals surface area contributed by atoms with Gasteiger partial charge in [-0.05, 0) is 32.6 Å². The van der Waals surface area contributed by atoms with Gasteiger partial charge in [-0.15, -0.1) is 0 Å². The first-order chi connectivity index (χ1) is 7.22. The molecule has 15 heavy (non-hydrogen) atoms. The first kappa shape index (κ1) is 12.0. The molecule has 1 fully saturated rings. The normalized spacial score (nSPS) is 16.3. The largest absolute Gasteiger partial charge is 0.466 e. The molecule has 1 aliphatic rings. The van der Waals surface area contributed by atoms with Gasteiger partial charge >= 0.3 is 11.9 Å². The van der Waals surface area contributed by atoms with E-state index in [-0.39, 0.29) is 30.9 Å². The lowest BCUT2D eigenvalue weighted by molar-refractivity contribution is -0.153. The minimum absolute atomic E-state index is 0.0831. The van der Waals surface area contributed by atoms with E-state index in [1.807, 2.05) is 0 Å². The molecule has 4 heteroatoms. The Morgan fingerprint density at radius 3 is 2.33 bits per heavy atom. The van der Waals surface area contributed by atoms with Crippen molar-refractivity contribution in [3.63, 3.8) is 0 Å². The molecule has 0 radical (unpaired) electrons. The van der Waals surface area contributed by atoms with Crippen molar-refractivity contribution in [3.8, 4) is 0 Å². The fourth-order valence-corrected chi connectivity index (χ4v) is 1.69. The summed E-state index contributed by atoms with van der Waals surface area (Å²) in [5.74, 6) is -0.615. The maximum atomic E-state index is 11.3. The Hall–Kier alpha value is -1.06. The highest BCUT2D eigenvalue weighted by Gasteiger charge is 2.19. The molecule has 1 saturated carbocycles. The third-order valence-electron chi connectivity index (χ3n) is 2.44. The highest BCUT2D eigenvalue weighted by molar-refractivity contribution is 5.77. The quantitative estimate of drug-likeness (QED) is 0.655. The van der Waals surface area contributed by atoms with Gasteiger partial charge in [-0.3, -0.25) is 9.59 Å². The molecule has 86 valence electrons. The Bertz CT molecular complexity index is 219. The van der Waals surface area contributed by atoms with Crippen molar-refractivity contribution in [3.05, 3.63) is 0 Å². The molecule has 0 N–H and O–H groups in total. The molecule has 1 aliphatic carbocycles. The van der Waals surface area contributed by atoms with Crippen LogP contribution >= 0.6 is 0 Å². The Morgan fingerprint density at radius 2 is 1.73 bits per heavy atom. The molecule has 0 spiro atoms. The van der Waals surface area contributed by atoms with E-state index in [2.05, 4.69) is 0 Å². The minimum atomic E-state index is -0.333. The maximum absolute atomic E-state index is 11.3. The highest BCUT2D eigenvalue weighted by atomic mass is 16.5. The van der Waals surface area contributed by atoms with E-state index in [0.29, 0.717) is 6.61 Å². The molecule has 0 unspecified atom stereocenters. The predicted octanol–water partition coefficient (Wildman–Crippen LogP) is 1.82. The van der Waals surface area contributed by atoms with E-state index < -0.39 is 0 Å². The van der Waals surface area contributed by atoms with Crippen LogP contribution in [-0.4, -0.2) is 24.6 Å². The average molecular weight is 214 g/mol. The summed E-state index contributed by atoms with van der Waals surface area (Å²) in [4.78, 5) is 22.2. The monoisotopic (exact) mass is 214 g/mol. The lowest BCUT2D eigenvalue weighted by Gasteiger charge is -2.10. The van der Waals surface area contributed by atoms with Crippen molar-refractivity contribution in [2.45, 2.75) is 51.6 Å². The van der Waals surface area contributed by atoms with E-state index in [4.69, 9.17) is 9.47 Å². The molecule has 1 rings (SSSR count). The summed E-state index contributed by atoms with van der Waals surface area (Å²) in [5.41, 5.74) is 0. The maximum Gasteiger partial charge on any atom is 0.306 e. The van der Waals surface area contributed by atoms with Gasteiger partial charge < -0.3 is 9.47 Å². The van der Waals surface area contributed by atoms with Gasteiger partial charge in [0.25, 0.3) is 0 Å². The van der Waals surface area contributed by atoms with Gasteiger partial charge in [0.1, 0.15) is 6.10 Å². The van der Waals surface area contributed by atoms with E-state index in [0.717, 1.165) is 25.7 Å². The second kappa shape index (κ2) is 6.43. The number of hydrogen-bond donors (Lipinski definition) is 0. The van der Waals surface area contributed by atoms with Gasteiger partial charge in [0.15, 0.2) is 0 Å². The molecule has 0 atom stereocenters. The van der Waals surface area contributed by atoms with Crippen LogP contribution in [0.4, 0.5) is 0 Å². The fraction of sp³-hybridized carbons (Fsp3) is 0.818. The number of carbonyl (C=O) groups excluding carboxylic acids is 2. The van der Waals surface area contributed by atoms with Crippen molar-refractivity contribution in [1.29, 1.82) is 0 Å². The van der Waals surface area contributed by atoms with Crippen LogP contribution in [0, 0.1) is 0 Å². The van der Waals surface area contributed by atoms with Crippen LogP contribution < -0.4 is 0 Å². The zero-order valence-electron chi connectivity index (χ0n) is 9.16. The summed E-state index contributed by atoms with van der Waals surface area (Å²) in [7, 11) is 0. The number of ether oxygens (including phenoxy) is 2. The topological polar surface area (TPSA) is 52.6 Å². The summed E-state index contributed by atoms with van der Waals surface area (Å²) in [6.07, 6.45) is 4.54. The Morgan fingerprint density at radius 1 is 1.13 bits per heavy atom. The summed E-state index contributed by atoms with van der Waals surface area (Å²) < 4.78 is 9.91. The van der Waals surface area contributed by atoms with Gasteiger partial charge in [0.05, 0.1) is 19.4 Å². The molecule has 0 heterocycles. The Balaban J connectivity index is 2.10. The van der Waals surface area contributed by atoms with E-state index in [9.17, 15) is 9.59 Å². The third-order valence-corrected chi connectivity index (χ3v) is 2.44. The number of esters is 2. The van der Waals surface area contributed by atoms with Gasteiger partial charge in [0.2, 0.25) is 0 Å². The SMILES string of the molecule is CCOC(=O)CCC(=O)OC1CCCC1. The summed E-state index contributed by atoms with van der Waals surface area (Å²) in [6.45, 7) is 2.10. The summed E-state index contributed by atoms with van der Waals surface area (Å²) >= 11 is 0. The van der Waals surface area contributed by atoms with Gasteiger partial charge in [-0.1, -0.05) is 0 Å². The van der Waals surface area contributed by atoms with E-state index in [1.54, 1.807) is 6.92 Å². The van der Waals surface area contributed by atoms with Crippen molar-refractivity contribution in [2.24, 2.45) is 0 Å². The molecule has 0 aromatic rings. The van der Waals surface area contributed by atoms with Gasteiger partial charge in [-0.2, -0.15) is 0 Å². The molecular formula is C11H18O4. The third kappa shape index (κ3) is 4.81. The zero-order valence-corrected chi connectivity index (χ0v) is 9.16. The Kier molecular flexibility index (Phi) is 5.15. The molecule has 0 bridgehead atoms. The second-order valence-corrected chi connectivity index (χ2v) is 3.70. The molecule has 0 aromatic heterocycles. The lowest BCUT2D eigenvalue weighted by atomic mass is 10.3. The van der Waals surface area contributed by atoms with Gasteiger partial charge in [0, 0.05) is 0 Å². The highest BCUT2D eigenvalue weighted by Crippen LogP contribution is 2.21. The molecule has 0 aromatic carbocycles. The average Bonchev–Trinajstić information content (AvgIpc) is 2.68. The lowest BCUT2D eigenvalue weighted by Crippen LogP contribution is -2.16. The first-order valence-electron chi connectivity index (χ1n) is 5.57. The van der Waals surface area contributed by atoms with Crippen molar-refractivity contribution in [1.82, 2.24) is 0 Å². The zero-order chi connectivity index (χ0) is 11.1. The number of rotatable bonds is 5. The second-order valence-electron chi connectivity index (χ2n) is 3.70. The van der Waals surface area contributed by atoms with Crippen LogP contribution in [-0.2, 0) is 19.1 Å².